The third kappa shape index (κ3) is 4.84. The van der Waals surface area contributed by atoms with Crippen LogP contribution >= 0.6 is 0 Å². The van der Waals surface area contributed by atoms with Gasteiger partial charge in [-0.05, 0) is 18.2 Å². The number of hydrogen-bond donors (Lipinski definition) is 2. The van der Waals surface area contributed by atoms with Crippen molar-refractivity contribution in [1.82, 2.24) is 0 Å². The van der Waals surface area contributed by atoms with E-state index < -0.39 is 23.4 Å². The highest BCUT2D eigenvalue weighted by atomic mass is 16.6. The van der Waals surface area contributed by atoms with Gasteiger partial charge < -0.3 is 24.6 Å². The van der Waals surface area contributed by atoms with E-state index in [1.807, 2.05) is 0 Å². The van der Waals surface area contributed by atoms with Gasteiger partial charge in [0.05, 0.1) is 24.8 Å². The zero-order chi connectivity index (χ0) is 20.0. The third-order valence-corrected chi connectivity index (χ3v) is 3.43. The molecule has 2 rings (SSSR count). The molecule has 142 valence electrons. The number of anilines is 1. The maximum absolute atomic E-state index is 12.0. The molecule has 0 heterocycles. The number of carbonyl (C=O) groups excluding carboxylic acids is 2. The van der Waals surface area contributed by atoms with Crippen LogP contribution in [-0.4, -0.2) is 42.7 Å². The number of methoxy groups -OCH3 is 2. The van der Waals surface area contributed by atoms with Crippen LogP contribution in [0.4, 0.5) is 11.4 Å². The van der Waals surface area contributed by atoms with Crippen molar-refractivity contribution in [2.45, 2.75) is 0 Å². The maximum atomic E-state index is 12.0. The van der Waals surface area contributed by atoms with Crippen LogP contribution in [0, 0.1) is 10.1 Å². The lowest BCUT2D eigenvalue weighted by Crippen LogP contribution is -2.21. The fourth-order valence-corrected chi connectivity index (χ4v) is 2.11. The van der Waals surface area contributed by atoms with E-state index in [-0.39, 0.29) is 28.4 Å². The second kappa shape index (κ2) is 8.52. The normalized spacial score (nSPS) is 10.0. The van der Waals surface area contributed by atoms with Crippen molar-refractivity contribution in [2.24, 2.45) is 0 Å². The summed E-state index contributed by atoms with van der Waals surface area (Å²) >= 11 is 0. The van der Waals surface area contributed by atoms with E-state index in [1.165, 1.54) is 44.6 Å². The lowest BCUT2D eigenvalue weighted by molar-refractivity contribution is -0.384. The Morgan fingerprint density at radius 2 is 1.89 bits per heavy atom. The number of carbonyl (C=O) groups is 2. The monoisotopic (exact) mass is 376 g/mol. The molecule has 0 saturated heterocycles. The second-order valence-electron chi connectivity index (χ2n) is 5.15. The molecule has 0 unspecified atom stereocenters. The van der Waals surface area contributed by atoms with Crippen LogP contribution in [0.5, 0.6) is 17.2 Å². The Hall–Kier alpha value is -3.82. The molecule has 0 saturated carbocycles. The smallest absolute Gasteiger partial charge is 0.342 e. The van der Waals surface area contributed by atoms with E-state index in [9.17, 15) is 24.8 Å². The lowest BCUT2D eigenvalue weighted by Gasteiger charge is -2.11. The van der Waals surface area contributed by atoms with Crippen molar-refractivity contribution in [3.05, 3.63) is 52.1 Å². The van der Waals surface area contributed by atoms with Gasteiger partial charge in [0.15, 0.2) is 6.61 Å². The molecule has 0 bridgehead atoms. The van der Waals surface area contributed by atoms with E-state index in [1.54, 1.807) is 0 Å². The number of nitro groups is 1. The fraction of sp³-hybridized carbons (Fsp3) is 0.176. The van der Waals surface area contributed by atoms with Crippen molar-refractivity contribution < 1.29 is 33.8 Å². The van der Waals surface area contributed by atoms with Gasteiger partial charge in [0, 0.05) is 18.2 Å². The first-order valence-electron chi connectivity index (χ1n) is 7.52. The molecule has 0 fully saturated rings. The number of hydrogen-bond acceptors (Lipinski definition) is 8. The predicted octanol–water partition coefficient (Wildman–Crippen LogP) is 2.11. The van der Waals surface area contributed by atoms with Gasteiger partial charge in [-0.25, -0.2) is 4.79 Å². The van der Waals surface area contributed by atoms with Gasteiger partial charge in [-0.2, -0.15) is 0 Å². The van der Waals surface area contributed by atoms with Crippen LogP contribution in [0.15, 0.2) is 36.4 Å². The van der Waals surface area contributed by atoms with E-state index in [0.717, 1.165) is 6.07 Å². The van der Waals surface area contributed by atoms with Crippen molar-refractivity contribution in [1.29, 1.82) is 0 Å². The standard InChI is InChI=1S/C17H16N2O8/c1-25-11-4-5-12(14(20)8-11)17(22)27-9-16(21)18-13-7-10(19(23)24)3-6-15(13)26-2/h3-8,20H,9H2,1-2H3,(H,18,21). The lowest BCUT2D eigenvalue weighted by atomic mass is 10.2. The minimum atomic E-state index is -0.920. The molecular weight excluding hydrogens is 360 g/mol. The summed E-state index contributed by atoms with van der Waals surface area (Å²) in [5.41, 5.74) is -0.331. The molecule has 2 N–H and O–H groups in total. The highest BCUT2D eigenvalue weighted by molar-refractivity contribution is 5.97. The van der Waals surface area contributed by atoms with Crippen LogP contribution in [0.3, 0.4) is 0 Å². The van der Waals surface area contributed by atoms with Crippen molar-refractivity contribution in [3.8, 4) is 17.2 Å². The predicted molar refractivity (Wildman–Crippen MR) is 93.2 cm³/mol. The summed E-state index contributed by atoms with van der Waals surface area (Å²) in [6.45, 7) is -0.670. The van der Waals surface area contributed by atoms with Gasteiger partial charge >= 0.3 is 5.97 Å². The Kier molecular flexibility index (Phi) is 6.15. The zero-order valence-corrected chi connectivity index (χ0v) is 14.4. The van der Waals surface area contributed by atoms with E-state index in [0.29, 0.717) is 5.75 Å². The van der Waals surface area contributed by atoms with Crippen molar-refractivity contribution >= 4 is 23.3 Å². The van der Waals surface area contributed by atoms with Crippen molar-refractivity contribution in [3.63, 3.8) is 0 Å². The minimum Gasteiger partial charge on any atom is -0.507 e. The average Bonchev–Trinajstić information content (AvgIpc) is 2.65. The number of nitro benzene ring substituents is 1. The number of nitrogens with one attached hydrogen (secondary N) is 1. The molecule has 0 aromatic heterocycles. The maximum Gasteiger partial charge on any atom is 0.342 e. The number of phenols is 1. The number of rotatable bonds is 7. The van der Waals surface area contributed by atoms with E-state index in [2.05, 4.69) is 5.32 Å². The first-order chi connectivity index (χ1) is 12.8. The second-order valence-corrected chi connectivity index (χ2v) is 5.15. The number of aromatic hydroxyl groups is 1. The Labute approximate surface area is 153 Å². The Bertz CT molecular complexity index is 881. The summed E-state index contributed by atoms with van der Waals surface area (Å²) in [7, 11) is 2.74. The molecule has 0 radical (unpaired) electrons. The molecule has 10 nitrogen and oxygen atoms in total. The Morgan fingerprint density at radius 3 is 2.48 bits per heavy atom. The number of non-ortho nitro benzene ring substituents is 1. The quantitative estimate of drug-likeness (QED) is 0.426. The van der Waals surface area contributed by atoms with Crippen LogP contribution in [0.2, 0.25) is 0 Å². The average molecular weight is 376 g/mol. The number of ether oxygens (including phenoxy) is 3. The van der Waals surface area contributed by atoms with Gasteiger partial charge in [0.25, 0.3) is 11.6 Å². The molecule has 0 spiro atoms. The Balaban J connectivity index is 2.03. The van der Waals surface area contributed by atoms with Gasteiger partial charge in [0.1, 0.15) is 22.8 Å². The molecule has 27 heavy (non-hydrogen) atoms. The minimum absolute atomic E-state index is 0.0556. The molecule has 1 amide bonds. The van der Waals surface area contributed by atoms with Gasteiger partial charge in [-0.15, -0.1) is 0 Å². The highest BCUT2D eigenvalue weighted by Crippen LogP contribution is 2.29. The number of phenolic OH excluding ortho intramolecular Hbond substituents is 1. The summed E-state index contributed by atoms with van der Waals surface area (Å²) in [5, 5.41) is 23.0. The first-order valence-corrected chi connectivity index (χ1v) is 7.52. The summed E-state index contributed by atoms with van der Waals surface area (Å²) < 4.78 is 14.8. The van der Waals surface area contributed by atoms with Gasteiger partial charge in [-0.1, -0.05) is 0 Å². The Morgan fingerprint density at radius 1 is 1.15 bits per heavy atom. The van der Waals surface area contributed by atoms with Crippen molar-refractivity contribution in [2.75, 3.05) is 26.1 Å². The topological polar surface area (TPSA) is 137 Å². The molecular formula is C17H16N2O8. The number of esters is 1. The summed E-state index contributed by atoms with van der Waals surface area (Å²) in [6.07, 6.45) is 0. The highest BCUT2D eigenvalue weighted by Gasteiger charge is 2.17. The molecule has 2 aromatic rings. The van der Waals surface area contributed by atoms with E-state index in [4.69, 9.17) is 14.2 Å². The molecule has 10 heteroatoms. The number of amides is 1. The largest absolute Gasteiger partial charge is 0.507 e. The molecule has 2 aromatic carbocycles. The summed E-state index contributed by atoms with van der Waals surface area (Å²) in [4.78, 5) is 34.2. The van der Waals surface area contributed by atoms with Gasteiger partial charge in [0.2, 0.25) is 0 Å². The third-order valence-electron chi connectivity index (χ3n) is 3.43. The SMILES string of the molecule is COc1ccc(C(=O)OCC(=O)Nc2cc([N+](=O)[O-])ccc2OC)c(O)c1. The van der Waals surface area contributed by atoms with Gasteiger partial charge in [-0.3, -0.25) is 14.9 Å². The first kappa shape index (κ1) is 19.5. The zero-order valence-electron chi connectivity index (χ0n) is 14.4. The van der Waals surface area contributed by atoms with Crippen LogP contribution in [-0.2, 0) is 9.53 Å². The number of benzene rings is 2. The van der Waals surface area contributed by atoms with Crippen LogP contribution in [0.25, 0.3) is 0 Å². The van der Waals surface area contributed by atoms with Crippen LogP contribution < -0.4 is 14.8 Å². The molecule has 0 aliphatic heterocycles. The fourth-order valence-electron chi connectivity index (χ4n) is 2.11. The molecule has 0 aliphatic carbocycles. The number of nitrogens with zero attached hydrogens (tertiary/aromatic N) is 1. The van der Waals surface area contributed by atoms with E-state index >= 15 is 0 Å². The molecule has 0 aliphatic rings. The molecule has 0 atom stereocenters. The van der Waals surface area contributed by atoms with Crippen LogP contribution in [0.1, 0.15) is 10.4 Å². The summed E-state index contributed by atoms with van der Waals surface area (Å²) in [6, 6.07) is 7.64. The summed E-state index contributed by atoms with van der Waals surface area (Å²) in [5.74, 6) is -1.47.